The van der Waals surface area contributed by atoms with Crippen LogP contribution in [0.25, 0.3) is 0 Å². The van der Waals surface area contributed by atoms with Crippen LogP contribution in [-0.4, -0.2) is 5.91 Å². The molecule has 0 saturated carbocycles. The number of rotatable bonds is 3. The molecule has 1 aliphatic carbocycles. The van der Waals surface area contributed by atoms with Crippen LogP contribution >= 0.6 is 0 Å². The zero-order valence-corrected chi connectivity index (χ0v) is 14.0. The third-order valence-corrected chi connectivity index (χ3v) is 4.55. The minimum Gasteiger partial charge on any atom is -0.346 e. The predicted molar refractivity (Wildman–Crippen MR) is 94.4 cm³/mol. The molecule has 2 heteroatoms. The highest BCUT2D eigenvalue weighted by molar-refractivity contribution is 5.87. The highest BCUT2D eigenvalue weighted by Gasteiger charge is 2.28. The number of allylic oxidation sites excluding steroid dienone is 1. The highest BCUT2D eigenvalue weighted by Crippen LogP contribution is 2.29. The molecule has 0 aromatic heterocycles. The van der Waals surface area contributed by atoms with Crippen LogP contribution in [0.4, 0.5) is 0 Å². The number of nitrogens with one attached hydrogen (secondary N) is 1. The number of fused-ring (bicyclic) bond motifs is 1. The number of amides is 1. The van der Waals surface area contributed by atoms with Crippen LogP contribution in [0.2, 0.25) is 0 Å². The largest absolute Gasteiger partial charge is 0.346 e. The van der Waals surface area contributed by atoms with Gasteiger partial charge in [0.2, 0.25) is 5.91 Å². The molecule has 0 spiro atoms. The van der Waals surface area contributed by atoms with Crippen molar-refractivity contribution in [3.05, 3.63) is 82.9 Å². The maximum Gasteiger partial charge on any atom is 0.232 e. The third-order valence-electron chi connectivity index (χ3n) is 4.55. The van der Waals surface area contributed by atoms with Crippen LogP contribution in [-0.2, 0) is 16.8 Å². The van der Waals surface area contributed by atoms with E-state index in [-0.39, 0.29) is 11.8 Å². The summed E-state index contributed by atoms with van der Waals surface area (Å²) in [5.41, 5.74) is 4.30. The number of carbonyl (C=O) groups excluding carboxylic acids is 1. The summed E-state index contributed by atoms with van der Waals surface area (Å²) in [4.78, 5) is 12.9. The summed E-state index contributed by atoms with van der Waals surface area (Å²) in [6.07, 6.45) is 5.01. The van der Waals surface area contributed by atoms with E-state index in [1.54, 1.807) is 0 Å². The van der Waals surface area contributed by atoms with E-state index in [2.05, 4.69) is 54.7 Å². The highest BCUT2D eigenvalue weighted by atomic mass is 16.2. The Bertz CT molecular complexity index is 741. The monoisotopic (exact) mass is 305 g/mol. The van der Waals surface area contributed by atoms with Gasteiger partial charge in [0.15, 0.2) is 0 Å². The lowest BCUT2D eigenvalue weighted by Crippen LogP contribution is -2.43. The number of aryl methyl sites for hydroxylation is 1. The Balaban J connectivity index is 1.82. The van der Waals surface area contributed by atoms with Crippen LogP contribution in [0.5, 0.6) is 0 Å². The molecule has 23 heavy (non-hydrogen) atoms. The van der Waals surface area contributed by atoms with Crippen molar-refractivity contribution in [3.8, 4) is 0 Å². The summed E-state index contributed by atoms with van der Waals surface area (Å²) in [7, 11) is 0. The third kappa shape index (κ3) is 3.21. The number of hydrogen-bond acceptors (Lipinski definition) is 1. The molecule has 1 unspecified atom stereocenters. The molecule has 0 saturated heterocycles. The average Bonchev–Trinajstić information content (AvgIpc) is 2.54. The molecular weight excluding hydrogens is 282 g/mol. The van der Waals surface area contributed by atoms with Gasteiger partial charge in [-0.05, 0) is 43.9 Å². The van der Waals surface area contributed by atoms with E-state index in [1.165, 1.54) is 11.1 Å². The van der Waals surface area contributed by atoms with Crippen molar-refractivity contribution in [2.75, 3.05) is 0 Å². The van der Waals surface area contributed by atoms with Gasteiger partial charge in [0, 0.05) is 0 Å². The van der Waals surface area contributed by atoms with Crippen molar-refractivity contribution in [1.82, 2.24) is 5.32 Å². The summed E-state index contributed by atoms with van der Waals surface area (Å²) in [6, 6.07) is 16.5. The second kappa shape index (κ2) is 6.04. The predicted octanol–water partition coefficient (Wildman–Crippen LogP) is 4.24. The molecule has 1 aliphatic rings. The van der Waals surface area contributed by atoms with E-state index in [1.807, 2.05) is 32.1 Å². The lowest BCUT2D eigenvalue weighted by atomic mass is 9.86. The summed E-state index contributed by atoms with van der Waals surface area (Å²) >= 11 is 0. The second-order valence-corrected chi connectivity index (χ2v) is 6.79. The van der Waals surface area contributed by atoms with Crippen molar-refractivity contribution < 1.29 is 4.79 Å². The molecule has 0 bridgehead atoms. The molecular formula is C21H23NO. The van der Waals surface area contributed by atoms with Crippen LogP contribution in [0, 0.1) is 6.92 Å². The molecule has 1 amide bonds. The summed E-state index contributed by atoms with van der Waals surface area (Å²) < 4.78 is 0. The molecule has 2 nitrogen and oxygen atoms in total. The van der Waals surface area contributed by atoms with Gasteiger partial charge in [-0.25, -0.2) is 0 Å². The first-order valence-electron chi connectivity index (χ1n) is 8.11. The Morgan fingerprint density at radius 1 is 1.09 bits per heavy atom. The van der Waals surface area contributed by atoms with Gasteiger partial charge in [0.05, 0.1) is 11.5 Å². The van der Waals surface area contributed by atoms with Crippen LogP contribution < -0.4 is 5.32 Å². The van der Waals surface area contributed by atoms with E-state index in [4.69, 9.17) is 0 Å². The summed E-state index contributed by atoms with van der Waals surface area (Å²) in [6.45, 7) is 6.17. The van der Waals surface area contributed by atoms with Gasteiger partial charge in [-0.15, -0.1) is 0 Å². The lowest BCUT2D eigenvalue weighted by Gasteiger charge is -2.30. The van der Waals surface area contributed by atoms with Gasteiger partial charge in [-0.1, -0.05) is 66.2 Å². The van der Waals surface area contributed by atoms with Crippen molar-refractivity contribution in [2.24, 2.45) is 0 Å². The number of benzene rings is 2. The minimum absolute atomic E-state index is 0.0546. The van der Waals surface area contributed by atoms with Crippen LogP contribution in [0.15, 0.2) is 60.7 Å². The van der Waals surface area contributed by atoms with E-state index in [9.17, 15) is 4.79 Å². The van der Waals surface area contributed by atoms with Crippen LogP contribution in [0.3, 0.4) is 0 Å². The van der Waals surface area contributed by atoms with Gasteiger partial charge >= 0.3 is 0 Å². The standard InChI is InChI=1S/C21H23NO/c1-15-11-13-17(14-12-15)21(2,3)22-20(23)19-10-6-8-16-7-4-5-9-18(16)19/h4-7,9-14,19H,8H2,1-3H3,(H,22,23). The molecule has 1 atom stereocenters. The molecule has 0 radical (unpaired) electrons. The van der Waals surface area contributed by atoms with Crippen molar-refractivity contribution >= 4 is 5.91 Å². The number of hydrogen-bond donors (Lipinski definition) is 1. The lowest BCUT2D eigenvalue weighted by molar-refractivity contribution is -0.123. The quantitative estimate of drug-likeness (QED) is 0.844. The molecule has 2 aromatic carbocycles. The zero-order valence-electron chi connectivity index (χ0n) is 14.0. The van der Waals surface area contributed by atoms with Gasteiger partial charge in [-0.3, -0.25) is 4.79 Å². The first-order valence-corrected chi connectivity index (χ1v) is 8.11. The van der Waals surface area contributed by atoms with Gasteiger partial charge < -0.3 is 5.32 Å². The summed E-state index contributed by atoms with van der Waals surface area (Å²) in [5, 5.41) is 3.21. The van der Waals surface area contributed by atoms with Crippen molar-refractivity contribution in [1.29, 1.82) is 0 Å². The Morgan fingerprint density at radius 2 is 1.78 bits per heavy atom. The smallest absolute Gasteiger partial charge is 0.232 e. The van der Waals surface area contributed by atoms with Crippen LogP contribution in [0.1, 0.15) is 42.0 Å². The van der Waals surface area contributed by atoms with Crippen molar-refractivity contribution in [3.63, 3.8) is 0 Å². The van der Waals surface area contributed by atoms with E-state index < -0.39 is 5.54 Å². The Morgan fingerprint density at radius 3 is 2.52 bits per heavy atom. The first-order chi connectivity index (χ1) is 11.0. The van der Waals surface area contributed by atoms with E-state index >= 15 is 0 Å². The van der Waals surface area contributed by atoms with Gasteiger partial charge in [-0.2, -0.15) is 0 Å². The molecule has 3 rings (SSSR count). The normalized spacial score (nSPS) is 16.7. The minimum atomic E-state index is -0.398. The number of carbonyl (C=O) groups is 1. The molecule has 0 fully saturated rings. The average molecular weight is 305 g/mol. The molecule has 0 aliphatic heterocycles. The Kier molecular flexibility index (Phi) is 4.08. The SMILES string of the molecule is Cc1ccc(C(C)(C)NC(=O)C2C=CCc3ccccc32)cc1. The molecule has 0 heterocycles. The molecule has 2 aromatic rings. The Labute approximate surface area is 138 Å². The van der Waals surface area contributed by atoms with E-state index in [0.717, 1.165) is 17.5 Å². The topological polar surface area (TPSA) is 29.1 Å². The van der Waals surface area contributed by atoms with Gasteiger partial charge in [0.25, 0.3) is 0 Å². The second-order valence-electron chi connectivity index (χ2n) is 6.79. The maximum absolute atomic E-state index is 12.9. The molecule has 118 valence electrons. The van der Waals surface area contributed by atoms with E-state index in [0.29, 0.717) is 0 Å². The first kappa shape index (κ1) is 15.5. The fraction of sp³-hybridized carbons (Fsp3) is 0.286. The zero-order chi connectivity index (χ0) is 16.4. The Hall–Kier alpha value is -2.35. The maximum atomic E-state index is 12.9. The summed E-state index contributed by atoms with van der Waals surface area (Å²) in [5.74, 6) is -0.149. The fourth-order valence-corrected chi connectivity index (χ4v) is 3.12. The fourth-order valence-electron chi connectivity index (χ4n) is 3.12. The molecule has 1 N–H and O–H groups in total. The van der Waals surface area contributed by atoms with Gasteiger partial charge in [0.1, 0.15) is 0 Å². The van der Waals surface area contributed by atoms with Crippen molar-refractivity contribution in [2.45, 2.75) is 38.6 Å².